The van der Waals surface area contributed by atoms with Gasteiger partial charge in [0.1, 0.15) is 0 Å². The van der Waals surface area contributed by atoms with Gasteiger partial charge < -0.3 is 0 Å². The van der Waals surface area contributed by atoms with E-state index in [0.717, 1.165) is 26.1 Å². The zero-order valence-corrected chi connectivity index (χ0v) is 15.0. The van der Waals surface area contributed by atoms with Crippen LogP contribution in [0.1, 0.15) is 31.7 Å². The minimum absolute atomic E-state index is 0.552. The molecule has 1 heterocycles. The van der Waals surface area contributed by atoms with E-state index in [0.29, 0.717) is 12.5 Å². The molecule has 0 aliphatic carbocycles. The molecule has 1 aliphatic rings. The lowest BCUT2D eigenvalue weighted by atomic mass is 9.94. The van der Waals surface area contributed by atoms with Gasteiger partial charge in [0.2, 0.25) is 10.0 Å². The summed E-state index contributed by atoms with van der Waals surface area (Å²) in [6, 6.07) is 10.4. The van der Waals surface area contributed by atoms with Crippen LogP contribution in [0.3, 0.4) is 0 Å². The lowest BCUT2D eigenvalue weighted by Crippen LogP contribution is -2.37. The van der Waals surface area contributed by atoms with Crippen LogP contribution in [0.4, 0.5) is 0 Å². The smallest absolute Gasteiger partial charge is 0.208 e. The lowest BCUT2D eigenvalue weighted by molar-refractivity contribution is 0.182. The summed E-state index contributed by atoms with van der Waals surface area (Å²) in [5.74, 6) is 0.586. The Hall–Kier alpha value is -1.17. The fraction of sp³-hybridized carbons (Fsp3) is 0.556. The van der Waals surface area contributed by atoms with Crippen LogP contribution in [0.25, 0.3) is 6.08 Å². The fourth-order valence-corrected chi connectivity index (χ4v) is 3.70. The quantitative estimate of drug-likeness (QED) is 0.833. The van der Waals surface area contributed by atoms with Crippen molar-refractivity contribution in [2.24, 2.45) is 5.92 Å². The van der Waals surface area contributed by atoms with E-state index in [1.165, 1.54) is 30.2 Å². The standard InChI is InChI=1S/C18H28N2O2S/c1-16(13-17-7-4-3-5-8-17)14-20-12-6-9-18(15-20)10-11-19-23(2,21)22/h3-5,7-8,13,18-19H,6,9-12,14-15H2,1-2H3. The van der Waals surface area contributed by atoms with E-state index < -0.39 is 10.0 Å². The van der Waals surface area contributed by atoms with Crippen molar-refractivity contribution in [3.05, 3.63) is 41.5 Å². The molecule has 2 rings (SSSR count). The Bertz CT molecular complexity index is 611. The van der Waals surface area contributed by atoms with Crippen molar-refractivity contribution in [2.45, 2.75) is 26.2 Å². The second-order valence-corrected chi connectivity index (χ2v) is 8.43. The maximum absolute atomic E-state index is 11.1. The number of nitrogens with zero attached hydrogens (tertiary/aromatic N) is 1. The number of sulfonamides is 1. The van der Waals surface area contributed by atoms with E-state index in [1.54, 1.807) is 0 Å². The van der Waals surface area contributed by atoms with E-state index in [-0.39, 0.29) is 0 Å². The summed E-state index contributed by atoms with van der Waals surface area (Å²) in [5, 5.41) is 0. The maximum atomic E-state index is 11.1. The molecule has 1 aromatic rings. The molecule has 0 amide bonds. The van der Waals surface area contributed by atoms with Crippen molar-refractivity contribution >= 4 is 16.1 Å². The van der Waals surface area contributed by atoms with Crippen molar-refractivity contribution in [3.63, 3.8) is 0 Å². The predicted molar refractivity (Wildman–Crippen MR) is 96.7 cm³/mol. The van der Waals surface area contributed by atoms with Gasteiger partial charge in [0.25, 0.3) is 0 Å². The largest absolute Gasteiger partial charge is 0.299 e. The minimum Gasteiger partial charge on any atom is -0.299 e. The molecule has 128 valence electrons. The maximum Gasteiger partial charge on any atom is 0.208 e. The fourth-order valence-electron chi connectivity index (χ4n) is 3.21. The molecule has 0 spiro atoms. The summed E-state index contributed by atoms with van der Waals surface area (Å²) in [6.45, 7) is 5.92. The summed E-state index contributed by atoms with van der Waals surface area (Å²) >= 11 is 0. The van der Waals surface area contributed by atoms with E-state index >= 15 is 0 Å². The monoisotopic (exact) mass is 336 g/mol. The first-order chi connectivity index (χ1) is 10.9. The molecule has 0 radical (unpaired) electrons. The van der Waals surface area contributed by atoms with Crippen LogP contribution < -0.4 is 4.72 Å². The predicted octanol–water partition coefficient (Wildman–Crippen LogP) is 2.74. The number of benzene rings is 1. The van der Waals surface area contributed by atoms with Crippen molar-refractivity contribution < 1.29 is 8.42 Å². The van der Waals surface area contributed by atoms with Gasteiger partial charge in [-0.25, -0.2) is 13.1 Å². The zero-order chi connectivity index (χ0) is 16.7. The second-order valence-electron chi connectivity index (χ2n) is 6.60. The Morgan fingerprint density at radius 1 is 1.35 bits per heavy atom. The molecule has 1 N–H and O–H groups in total. The van der Waals surface area contributed by atoms with Gasteiger partial charge in [-0.3, -0.25) is 4.90 Å². The molecule has 1 fully saturated rings. The molecular weight excluding hydrogens is 308 g/mol. The number of hydrogen-bond donors (Lipinski definition) is 1. The van der Waals surface area contributed by atoms with Crippen molar-refractivity contribution in [3.8, 4) is 0 Å². The highest BCUT2D eigenvalue weighted by Crippen LogP contribution is 2.20. The van der Waals surface area contributed by atoms with Gasteiger partial charge in [-0.2, -0.15) is 0 Å². The Morgan fingerprint density at radius 3 is 2.78 bits per heavy atom. The van der Waals surface area contributed by atoms with Crippen molar-refractivity contribution in [2.75, 3.05) is 32.4 Å². The summed E-state index contributed by atoms with van der Waals surface area (Å²) in [7, 11) is -3.06. The van der Waals surface area contributed by atoms with Gasteiger partial charge in [-0.1, -0.05) is 42.0 Å². The van der Waals surface area contributed by atoms with Gasteiger partial charge in [0.05, 0.1) is 6.26 Å². The average Bonchev–Trinajstić information content (AvgIpc) is 2.47. The van der Waals surface area contributed by atoms with Gasteiger partial charge >= 0.3 is 0 Å². The van der Waals surface area contributed by atoms with E-state index in [9.17, 15) is 8.42 Å². The Morgan fingerprint density at radius 2 is 2.09 bits per heavy atom. The number of nitrogens with one attached hydrogen (secondary N) is 1. The first-order valence-corrected chi connectivity index (χ1v) is 10.2. The molecule has 23 heavy (non-hydrogen) atoms. The van der Waals surface area contributed by atoms with Crippen LogP contribution >= 0.6 is 0 Å². The molecular formula is C18H28N2O2S. The summed E-state index contributed by atoms with van der Waals surface area (Å²) in [5.41, 5.74) is 2.61. The minimum atomic E-state index is -3.06. The Balaban J connectivity index is 1.80. The molecule has 4 nitrogen and oxygen atoms in total. The number of piperidine rings is 1. The number of likely N-dealkylation sites (tertiary alicyclic amines) is 1. The number of hydrogen-bond acceptors (Lipinski definition) is 3. The zero-order valence-electron chi connectivity index (χ0n) is 14.2. The first kappa shape index (κ1) is 18.2. The highest BCUT2D eigenvalue weighted by atomic mass is 32.2. The number of rotatable bonds is 7. The van der Waals surface area contributed by atoms with Gasteiger partial charge in [-0.15, -0.1) is 0 Å². The highest BCUT2D eigenvalue weighted by molar-refractivity contribution is 7.88. The summed E-state index contributed by atoms with van der Waals surface area (Å²) in [4.78, 5) is 2.49. The third-order valence-corrected chi connectivity index (χ3v) is 4.93. The Labute approximate surface area is 140 Å². The molecule has 0 aromatic heterocycles. The van der Waals surface area contributed by atoms with Crippen molar-refractivity contribution in [1.29, 1.82) is 0 Å². The van der Waals surface area contributed by atoms with E-state index in [2.05, 4.69) is 46.9 Å². The topological polar surface area (TPSA) is 49.4 Å². The van der Waals surface area contributed by atoms with Crippen LogP contribution in [0.5, 0.6) is 0 Å². The molecule has 1 unspecified atom stereocenters. The SMILES string of the molecule is CC(=Cc1ccccc1)CN1CCCC(CCNS(C)(=O)=O)C1. The molecule has 1 aromatic carbocycles. The average molecular weight is 337 g/mol. The molecule has 0 bridgehead atoms. The van der Waals surface area contributed by atoms with E-state index in [4.69, 9.17) is 0 Å². The van der Waals surface area contributed by atoms with Crippen molar-refractivity contribution in [1.82, 2.24) is 9.62 Å². The van der Waals surface area contributed by atoms with Gasteiger partial charge in [0, 0.05) is 19.6 Å². The molecule has 5 heteroatoms. The van der Waals surface area contributed by atoms with Crippen LogP contribution in [0.2, 0.25) is 0 Å². The molecule has 1 aliphatic heterocycles. The van der Waals surface area contributed by atoms with Crippen LogP contribution in [-0.4, -0.2) is 45.8 Å². The Kier molecular flexibility index (Phi) is 6.81. The second kappa shape index (κ2) is 8.62. The van der Waals surface area contributed by atoms with Gasteiger partial charge in [0.15, 0.2) is 0 Å². The molecule has 1 atom stereocenters. The molecule has 0 saturated carbocycles. The first-order valence-electron chi connectivity index (χ1n) is 8.31. The van der Waals surface area contributed by atoms with E-state index in [1.807, 2.05) is 6.07 Å². The van der Waals surface area contributed by atoms with Crippen LogP contribution in [0, 0.1) is 5.92 Å². The summed E-state index contributed by atoms with van der Waals surface area (Å²) in [6.07, 6.45) is 6.78. The lowest BCUT2D eigenvalue weighted by Gasteiger charge is -2.33. The summed E-state index contributed by atoms with van der Waals surface area (Å²) < 4.78 is 24.9. The third kappa shape index (κ3) is 7.29. The van der Waals surface area contributed by atoms with Crippen LogP contribution in [0.15, 0.2) is 35.9 Å². The molecule has 1 saturated heterocycles. The highest BCUT2D eigenvalue weighted by Gasteiger charge is 2.19. The van der Waals surface area contributed by atoms with Gasteiger partial charge in [-0.05, 0) is 44.2 Å². The normalized spacial score (nSPS) is 20.6. The third-order valence-electron chi connectivity index (χ3n) is 4.21. The van der Waals surface area contributed by atoms with Crippen LogP contribution in [-0.2, 0) is 10.0 Å².